The molecule has 0 aliphatic carbocycles. The molecular formula is C41H43BrCl3N3O5. The minimum atomic E-state index is -0.770. The average Bonchev–Trinajstić information content (AvgIpc) is 3.68. The number of amides is 1. The Morgan fingerprint density at radius 3 is 1.92 bits per heavy atom. The zero-order valence-corrected chi connectivity index (χ0v) is 33.2. The van der Waals surface area contributed by atoms with Gasteiger partial charge in [-0.1, -0.05) is 87.7 Å². The van der Waals surface area contributed by atoms with E-state index in [1.807, 2.05) is 6.07 Å². The van der Waals surface area contributed by atoms with Crippen LogP contribution in [0.5, 0.6) is 11.5 Å². The Hall–Kier alpha value is -3.31. The Bertz CT molecular complexity index is 1910. The van der Waals surface area contributed by atoms with E-state index >= 15 is 0 Å². The van der Waals surface area contributed by atoms with Crippen molar-refractivity contribution in [2.45, 2.75) is 49.5 Å². The van der Waals surface area contributed by atoms with Gasteiger partial charge in [-0.05, 0) is 93.8 Å². The number of piperidine rings is 2. The SMILES string of the molecule is Brc1ccc2c(c1)OCC21CCN(Cc2ccccc2)CC1.Cl.O=C(O)CCN1CCC2(CC1)COc1cc(C(=O)Nc3c(Cl)cccc3Cl)ccc12. The fourth-order valence-corrected chi connectivity index (χ4v) is 8.76. The van der Waals surface area contributed by atoms with E-state index in [1.54, 1.807) is 30.3 Å². The molecule has 0 bridgehead atoms. The van der Waals surface area contributed by atoms with Crippen molar-refractivity contribution in [3.63, 3.8) is 0 Å². The Morgan fingerprint density at radius 1 is 0.755 bits per heavy atom. The molecule has 0 saturated carbocycles. The van der Waals surface area contributed by atoms with Crippen LogP contribution >= 0.6 is 51.5 Å². The third kappa shape index (κ3) is 8.82. The topological polar surface area (TPSA) is 91.3 Å². The third-order valence-corrected chi connectivity index (χ3v) is 12.2. The van der Waals surface area contributed by atoms with Crippen molar-refractivity contribution in [2.75, 3.05) is 51.3 Å². The number of carboxylic acids is 1. The standard InChI is InChI=1S/C22H22Cl2N2O4.C19H20BrNO.ClH/c23-16-2-1-3-17(24)20(16)25-21(29)14-4-5-15-18(12-14)30-13-22(15)7-10-26(11-8-22)9-6-19(27)28;20-16-6-7-17-18(12-16)22-14-19(17)8-10-21(11-9-19)13-15-4-2-1-3-5-15;/h1-5,12H,6-11,13H2,(H,25,29)(H,27,28);1-7,12H,8-11,13-14H2;1H. The molecule has 0 unspecified atom stereocenters. The predicted molar refractivity (Wildman–Crippen MR) is 215 cm³/mol. The van der Waals surface area contributed by atoms with Crippen LogP contribution in [0, 0.1) is 0 Å². The number of fused-ring (bicyclic) bond motifs is 4. The Labute approximate surface area is 335 Å². The van der Waals surface area contributed by atoms with Gasteiger partial charge in [0.2, 0.25) is 0 Å². The van der Waals surface area contributed by atoms with E-state index in [9.17, 15) is 9.59 Å². The summed E-state index contributed by atoms with van der Waals surface area (Å²) in [6, 6.07) is 27.9. The maximum atomic E-state index is 12.7. The number of likely N-dealkylation sites (tertiary alicyclic amines) is 2. The summed E-state index contributed by atoms with van der Waals surface area (Å²) in [5.41, 5.74) is 4.96. The molecule has 4 heterocycles. The summed E-state index contributed by atoms with van der Waals surface area (Å²) >= 11 is 15.8. The predicted octanol–water partition coefficient (Wildman–Crippen LogP) is 9.24. The Morgan fingerprint density at radius 2 is 1.32 bits per heavy atom. The molecule has 0 atom stereocenters. The molecule has 4 aromatic carbocycles. The number of hydrogen-bond donors (Lipinski definition) is 2. The van der Waals surface area contributed by atoms with Crippen LogP contribution in [-0.4, -0.2) is 72.7 Å². The number of halogens is 4. The molecule has 2 spiro atoms. The first kappa shape index (κ1) is 39.4. The van der Waals surface area contributed by atoms with E-state index in [-0.39, 0.29) is 35.6 Å². The first-order valence-corrected chi connectivity index (χ1v) is 19.3. The average molecular weight is 844 g/mol. The van der Waals surface area contributed by atoms with E-state index in [0.29, 0.717) is 34.4 Å². The summed E-state index contributed by atoms with van der Waals surface area (Å²) in [6.07, 6.45) is 4.34. The first-order valence-electron chi connectivity index (χ1n) is 17.8. The summed E-state index contributed by atoms with van der Waals surface area (Å²) in [5.74, 6) is 0.729. The molecule has 1 amide bonds. The van der Waals surface area contributed by atoms with E-state index < -0.39 is 5.97 Å². The minimum Gasteiger partial charge on any atom is -0.492 e. The lowest BCUT2D eigenvalue weighted by Gasteiger charge is -2.38. The van der Waals surface area contributed by atoms with Gasteiger partial charge in [-0.2, -0.15) is 0 Å². The number of nitrogens with one attached hydrogen (secondary N) is 1. The molecule has 4 aliphatic rings. The first-order chi connectivity index (χ1) is 25.1. The van der Waals surface area contributed by atoms with E-state index in [4.69, 9.17) is 37.8 Å². The molecule has 2 fully saturated rings. The van der Waals surface area contributed by atoms with Gasteiger partial charge in [0.1, 0.15) is 11.5 Å². The monoisotopic (exact) mass is 841 g/mol. The molecule has 280 valence electrons. The second-order valence-electron chi connectivity index (χ2n) is 14.3. The van der Waals surface area contributed by atoms with Crippen LogP contribution in [0.2, 0.25) is 10.0 Å². The normalized spacial score (nSPS) is 18.1. The fraction of sp³-hybridized carbons (Fsp3) is 0.366. The maximum absolute atomic E-state index is 12.7. The van der Waals surface area contributed by atoms with Crippen LogP contribution < -0.4 is 14.8 Å². The second kappa shape index (κ2) is 17.0. The number of carbonyl (C=O) groups is 2. The number of hydrogen-bond acceptors (Lipinski definition) is 6. The number of nitrogens with zero attached hydrogens (tertiary/aromatic N) is 2. The highest BCUT2D eigenvalue weighted by Crippen LogP contribution is 2.47. The number of carbonyl (C=O) groups excluding carboxylic acids is 1. The van der Waals surface area contributed by atoms with Crippen LogP contribution in [0.1, 0.15) is 59.2 Å². The maximum Gasteiger partial charge on any atom is 0.304 e. The summed E-state index contributed by atoms with van der Waals surface area (Å²) < 4.78 is 13.0. The van der Waals surface area contributed by atoms with Crippen molar-refractivity contribution < 1.29 is 24.2 Å². The highest BCUT2D eigenvalue weighted by Gasteiger charge is 2.44. The number of anilines is 1. The van der Waals surface area contributed by atoms with Gasteiger partial charge in [-0.3, -0.25) is 14.5 Å². The largest absolute Gasteiger partial charge is 0.492 e. The van der Waals surface area contributed by atoms with Crippen LogP contribution in [-0.2, 0) is 22.2 Å². The molecule has 12 heteroatoms. The lowest BCUT2D eigenvalue weighted by atomic mass is 9.74. The van der Waals surface area contributed by atoms with Crippen molar-refractivity contribution in [3.05, 3.63) is 122 Å². The zero-order valence-electron chi connectivity index (χ0n) is 29.3. The van der Waals surface area contributed by atoms with Gasteiger partial charge >= 0.3 is 5.97 Å². The molecular weight excluding hydrogens is 801 g/mol. The van der Waals surface area contributed by atoms with Crippen LogP contribution in [0.4, 0.5) is 5.69 Å². The van der Waals surface area contributed by atoms with Gasteiger partial charge in [-0.25, -0.2) is 0 Å². The smallest absolute Gasteiger partial charge is 0.304 e. The van der Waals surface area contributed by atoms with Crippen molar-refractivity contribution in [3.8, 4) is 11.5 Å². The van der Waals surface area contributed by atoms with Crippen molar-refractivity contribution in [2.24, 2.45) is 0 Å². The summed E-state index contributed by atoms with van der Waals surface area (Å²) in [4.78, 5) is 28.3. The summed E-state index contributed by atoms with van der Waals surface area (Å²) in [7, 11) is 0. The summed E-state index contributed by atoms with van der Waals surface area (Å²) in [5, 5.41) is 12.4. The molecule has 53 heavy (non-hydrogen) atoms. The Balaban J connectivity index is 0.000000186. The van der Waals surface area contributed by atoms with Gasteiger partial charge in [0.15, 0.2) is 0 Å². The van der Waals surface area contributed by atoms with Crippen molar-refractivity contribution in [1.29, 1.82) is 0 Å². The molecule has 2 N–H and O–H groups in total. The fourth-order valence-electron chi connectivity index (χ4n) is 7.93. The van der Waals surface area contributed by atoms with Gasteiger partial charge in [0, 0.05) is 45.1 Å². The quantitative estimate of drug-likeness (QED) is 0.192. The van der Waals surface area contributed by atoms with E-state index in [0.717, 1.165) is 73.7 Å². The van der Waals surface area contributed by atoms with E-state index in [1.165, 1.54) is 24.0 Å². The Kier molecular flexibility index (Phi) is 12.6. The number of ether oxygens (including phenoxy) is 2. The second-order valence-corrected chi connectivity index (χ2v) is 16.0. The highest BCUT2D eigenvalue weighted by atomic mass is 79.9. The zero-order chi connectivity index (χ0) is 36.3. The van der Waals surface area contributed by atoms with Gasteiger partial charge < -0.3 is 24.8 Å². The van der Waals surface area contributed by atoms with Crippen LogP contribution in [0.3, 0.4) is 0 Å². The summed E-state index contributed by atoms with van der Waals surface area (Å²) in [6.45, 7) is 7.02. The van der Waals surface area contributed by atoms with Gasteiger partial charge in [0.05, 0.1) is 35.4 Å². The third-order valence-electron chi connectivity index (χ3n) is 11.1. The molecule has 4 aliphatic heterocycles. The molecule has 4 aromatic rings. The van der Waals surface area contributed by atoms with Crippen LogP contribution in [0.15, 0.2) is 89.4 Å². The lowest BCUT2D eigenvalue weighted by molar-refractivity contribution is -0.137. The highest BCUT2D eigenvalue weighted by molar-refractivity contribution is 9.10. The number of aliphatic carboxylic acids is 1. The number of carboxylic acid groups (broad SMARTS) is 1. The van der Waals surface area contributed by atoms with Gasteiger partial charge in [-0.15, -0.1) is 12.4 Å². The van der Waals surface area contributed by atoms with Crippen molar-refractivity contribution >= 4 is 69.1 Å². The molecule has 0 radical (unpaired) electrons. The molecule has 8 nitrogen and oxygen atoms in total. The van der Waals surface area contributed by atoms with Gasteiger partial charge in [0.25, 0.3) is 5.91 Å². The molecule has 0 aromatic heterocycles. The number of rotatable bonds is 7. The number of para-hydroxylation sites is 1. The van der Waals surface area contributed by atoms with Crippen LogP contribution in [0.25, 0.3) is 0 Å². The van der Waals surface area contributed by atoms with Crippen molar-refractivity contribution in [1.82, 2.24) is 9.80 Å². The minimum absolute atomic E-state index is 0. The lowest BCUT2D eigenvalue weighted by Crippen LogP contribution is -2.44. The molecule has 2 saturated heterocycles. The molecule has 8 rings (SSSR count). The van der Waals surface area contributed by atoms with E-state index in [2.05, 4.69) is 79.6 Å². The number of benzene rings is 4.